The van der Waals surface area contributed by atoms with Crippen molar-refractivity contribution in [1.82, 2.24) is 0 Å². The topological polar surface area (TPSA) is 35.5 Å². The standard InChI is InChI=1S/C13H16O3/c1-10(2)4-9-13(14)16-12-7-5-11(15-3)6-8-12/h4-8H,9H2,1-3H3. The van der Waals surface area contributed by atoms with Crippen LogP contribution in [0.2, 0.25) is 0 Å². The normalized spacial score (nSPS) is 9.44. The van der Waals surface area contributed by atoms with E-state index in [4.69, 9.17) is 9.47 Å². The van der Waals surface area contributed by atoms with Crippen molar-refractivity contribution < 1.29 is 14.3 Å². The van der Waals surface area contributed by atoms with Gasteiger partial charge < -0.3 is 9.47 Å². The van der Waals surface area contributed by atoms with Gasteiger partial charge in [-0.05, 0) is 38.1 Å². The molecule has 0 N–H and O–H groups in total. The summed E-state index contributed by atoms with van der Waals surface area (Å²) in [5.41, 5.74) is 1.10. The minimum absolute atomic E-state index is 0.258. The van der Waals surface area contributed by atoms with Crippen LogP contribution < -0.4 is 9.47 Å². The zero-order chi connectivity index (χ0) is 12.0. The van der Waals surface area contributed by atoms with Crippen LogP contribution in [-0.2, 0) is 4.79 Å². The molecule has 0 aliphatic heterocycles. The lowest BCUT2D eigenvalue weighted by atomic mass is 10.3. The average molecular weight is 220 g/mol. The first kappa shape index (κ1) is 12.3. The van der Waals surface area contributed by atoms with Crippen LogP contribution in [0, 0.1) is 0 Å². The van der Waals surface area contributed by atoms with E-state index >= 15 is 0 Å². The minimum atomic E-state index is -0.258. The number of hydrogen-bond acceptors (Lipinski definition) is 3. The molecule has 0 saturated carbocycles. The first-order chi connectivity index (χ1) is 7.61. The molecular formula is C13H16O3. The molecule has 0 amide bonds. The third-order valence-electron chi connectivity index (χ3n) is 1.97. The maximum atomic E-state index is 11.4. The number of benzene rings is 1. The van der Waals surface area contributed by atoms with Gasteiger partial charge in [-0.2, -0.15) is 0 Å². The van der Waals surface area contributed by atoms with E-state index in [2.05, 4.69) is 0 Å². The predicted molar refractivity (Wildman–Crippen MR) is 62.7 cm³/mol. The van der Waals surface area contributed by atoms with E-state index in [-0.39, 0.29) is 5.97 Å². The number of carbonyl (C=O) groups is 1. The van der Waals surface area contributed by atoms with Gasteiger partial charge in [-0.15, -0.1) is 0 Å². The zero-order valence-electron chi connectivity index (χ0n) is 9.82. The minimum Gasteiger partial charge on any atom is -0.497 e. The fraction of sp³-hybridized carbons (Fsp3) is 0.308. The van der Waals surface area contributed by atoms with Crippen LogP contribution in [-0.4, -0.2) is 13.1 Å². The number of esters is 1. The molecule has 0 radical (unpaired) electrons. The molecule has 0 heterocycles. The quantitative estimate of drug-likeness (QED) is 0.444. The Labute approximate surface area is 95.7 Å². The summed E-state index contributed by atoms with van der Waals surface area (Å²) in [6, 6.07) is 6.92. The molecule has 0 bridgehead atoms. The Hall–Kier alpha value is -1.77. The molecule has 16 heavy (non-hydrogen) atoms. The molecule has 0 spiro atoms. The third-order valence-corrected chi connectivity index (χ3v) is 1.97. The summed E-state index contributed by atoms with van der Waals surface area (Å²) >= 11 is 0. The van der Waals surface area contributed by atoms with Crippen molar-refractivity contribution >= 4 is 5.97 Å². The lowest BCUT2D eigenvalue weighted by Gasteiger charge is -2.04. The van der Waals surface area contributed by atoms with Crippen LogP contribution in [0.4, 0.5) is 0 Å². The van der Waals surface area contributed by atoms with Gasteiger partial charge in [0.1, 0.15) is 11.5 Å². The van der Waals surface area contributed by atoms with Crippen molar-refractivity contribution in [2.24, 2.45) is 0 Å². The summed E-state index contributed by atoms with van der Waals surface area (Å²) in [4.78, 5) is 11.4. The largest absolute Gasteiger partial charge is 0.497 e. The van der Waals surface area contributed by atoms with Gasteiger partial charge in [0.05, 0.1) is 13.5 Å². The second-order valence-electron chi connectivity index (χ2n) is 3.64. The highest BCUT2D eigenvalue weighted by Gasteiger charge is 2.02. The van der Waals surface area contributed by atoms with Crippen LogP contribution >= 0.6 is 0 Å². The van der Waals surface area contributed by atoms with Crippen molar-refractivity contribution in [3.63, 3.8) is 0 Å². The number of allylic oxidation sites excluding steroid dienone is 1. The van der Waals surface area contributed by atoms with Crippen molar-refractivity contribution in [2.45, 2.75) is 20.3 Å². The number of hydrogen-bond donors (Lipinski definition) is 0. The SMILES string of the molecule is COc1ccc(OC(=O)CC=C(C)C)cc1. The van der Waals surface area contributed by atoms with Gasteiger partial charge in [-0.25, -0.2) is 0 Å². The smallest absolute Gasteiger partial charge is 0.315 e. The Morgan fingerprint density at radius 3 is 2.25 bits per heavy atom. The zero-order valence-corrected chi connectivity index (χ0v) is 9.82. The lowest BCUT2D eigenvalue weighted by molar-refractivity contribution is -0.133. The maximum absolute atomic E-state index is 11.4. The van der Waals surface area contributed by atoms with Gasteiger partial charge in [-0.3, -0.25) is 4.79 Å². The summed E-state index contributed by atoms with van der Waals surface area (Å²) < 4.78 is 10.1. The molecule has 1 rings (SSSR count). The maximum Gasteiger partial charge on any atom is 0.315 e. The van der Waals surface area contributed by atoms with E-state index < -0.39 is 0 Å². The molecule has 1 aromatic rings. The average Bonchev–Trinajstić information content (AvgIpc) is 2.27. The fourth-order valence-corrected chi connectivity index (χ4v) is 1.10. The number of ether oxygens (including phenoxy) is 2. The molecule has 86 valence electrons. The first-order valence-corrected chi connectivity index (χ1v) is 5.10. The molecule has 0 fully saturated rings. The van der Waals surface area contributed by atoms with E-state index in [9.17, 15) is 4.79 Å². The number of methoxy groups -OCH3 is 1. The van der Waals surface area contributed by atoms with Crippen LogP contribution in [0.15, 0.2) is 35.9 Å². The summed E-state index contributed by atoms with van der Waals surface area (Å²) in [7, 11) is 1.59. The van der Waals surface area contributed by atoms with Gasteiger partial charge in [0.25, 0.3) is 0 Å². The van der Waals surface area contributed by atoms with E-state index in [1.54, 1.807) is 31.4 Å². The summed E-state index contributed by atoms with van der Waals surface area (Å²) in [6.07, 6.45) is 2.14. The fourth-order valence-electron chi connectivity index (χ4n) is 1.10. The molecule has 1 aromatic carbocycles. The van der Waals surface area contributed by atoms with Crippen molar-refractivity contribution in [1.29, 1.82) is 0 Å². The Morgan fingerprint density at radius 1 is 1.19 bits per heavy atom. The van der Waals surface area contributed by atoms with Crippen LogP contribution in [0.1, 0.15) is 20.3 Å². The Morgan fingerprint density at radius 2 is 1.75 bits per heavy atom. The Balaban J connectivity index is 2.53. The van der Waals surface area contributed by atoms with E-state index in [0.29, 0.717) is 12.2 Å². The molecule has 3 heteroatoms. The van der Waals surface area contributed by atoms with Gasteiger partial charge in [0.15, 0.2) is 0 Å². The van der Waals surface area contributed by atoms with Crippen molar-refractivity contribution in [2.75, 3.05) is 7.11 Å². The van der Waals surface area contributed by atoms with E-state index in [1.165, 1.54) is 0 Å². The van der Waals surface area contributed by atoms with Gasteiger partial charge in [-0.1, -0.05) is 11.6 Å². The van der Waals surface area contributed by atoms with E-state index in [1.807, 2.05) is 19.9 Å². The molecule has 0 atom stereocenters. The number of carbonyl (C=O) groups excluding carboxylic acids is 1. The number of rotatable bonds is 4. The molecule has 0 saturated heterocycles. The van der Waals surface area contributed by atoms with Crippen molar-refractivity contribution in [3.8, 4) is 11.5 Å². The van der Waals surface area contributed by atoms with Gasteiger partial charge in [0.2, 0.25) is 0 Å². The van der Waals surface area contributed by atoms with Crippen molar-refractivity contribution in [3.05, 3.63) is 35.9 Å². The molecule has 3 nitrogen and oxygen atoms in total. The lowest BCUT2D eigenvalue weighted by Crippen LogP contribution is -2.06. The highest BCUT2D eigenvalue weighted by atomic mass is 16.5. The van der Waals surface area contributed by atoms with Crippen LogP contribution in [0.25, 0.3) is 0 Å². The van der Waals surface area contributed by atoms with Crippen LogP contribution in [0.5, 0.6) is 11.5 Å². The summed E-state index contributed by atoms with van der Waals surface area (Å²) in [6.45, 7) is 3.89. The highest BCUT2D eigenvalue weighted by Crippen LogP contribution is 2.17. The second kappa shape index (κ2) is 5.95. The molecular weight excluding hydrogens is 204 g/mol. The second-order valence-corrected chi connectivity index (χ2v) is 3.64. The van der Waals surface area contributed by atoms with Crippen LogP contribution in [0.3, 0.4) is 0 Å². The predicted octanol–water partition coefficient (Wildman–Crippen LogP) is 2.96. The summed E-state index contributed by atoms with van der Waals surface area (Å²) in [5, 5.41) is 0. The molecule has 0 unspecified atom stereocenters. The summed E-state index contributed by atoms with van der Waals surface area (Å²) in [5.74, 6) is 1.02. The highest BCUT2D eigenvalue weighted by molar-refractivity contribution is 5.74. The monoisotopic (exact) mass is 220 g/mol. The van der Waals surface area contributed by atoms with Gasteiger partial charge in [0, 0.05) is 0 Å². The van der Waals surface area contributed by atoms with E-state index in [0.717, 1.165) is 11.3 Å². The molecule has 0 aliphatic carbocycles. The molecule has 0 aromatic heterocycles. The third kappa shape index (κ3) is 4.17. The Kier molecular flexibility index (Phi) is 4.58. The molecule has 0 aliphatic rings. The van der Waals surface area contributed by atoms with Gasteiger partial charge >= 0.3 is 5.97 Å². The first-order valence-electron chi connectivity index (χ1n) is 5.10. The Bertz CT molecular complexity index is 373.